The lowest BCUT2D eigenvalue weighted by Crippen LogP contribution is -2.22. The summed E-state index contributed by atoms with van der Waals surface area (Å²) < 4.78 is 19.6. The molecule has 0 amide bonds. The van der Waals surface area contributed by atoms with Crippen molar-refractivity contribution in [2.45, 2.75) is 19.3 Å². The molecule has 2 aromatic carbocycles. The predicted octanol–water partition coefficient (Wildman–Crippen LogP) is 4.04. The van der Waals surface area contributed by atoms with E-state index in [1.165, 1.54) is 0 Å². The molecule has 0 aliphatic carbocycles. The van der Waals surface area contributed by atoms with Crippen LogP contribution >= 0.6 is 15.9 Å². The SMILES string of the molecule is COc1cccc([C@H]2Cn3nnc(-c4nc(-c5ccc(Br)cc5)no4)c3CO2)c1. The quantitative estimate of drug-likeness (QED) is 0.460. The van der Waals surface area contributed by atoms with Crippen LogP contribution in [0.4, 0.5) is 0 Å². The minimum atomic E-state index is -0.131. The van der Waals surface area contributed by atoms with Crippen molar-refractivity contribution in [3.63, 3.8) is 0 Å². The fourth-order valence-electron chi connectivity index (χ4n) is 3.26. The van der Waals surface area contributed by atoms with E-state index in [9.17, 15) is 0 Å². The summed E-state index contributed by atoms with van der Waals surface area (Å²) in [6, 6.07) is 15.5. The van der Waals surface area contributed by atoms with E-state index >= 15 is 0 Å². The van der Waals surface area contributed by atoms with Crippen molar-refractivity contribution in [3.05, 3.63) is 64.3 Å². The molecule has 0 fully saturated rings. The third-order valence-electron chi connectivity index (χ3n) is 4.79. The Morgan fingerprint density at radius 2 is 2.03 bits per heavy atom. The molecule has 146 valence electrons. The van der Waals surface area contributed by atoms with E-state index in [4.69, 9.17) is 14.0 Å². The first-order chi connectivity index (χ1) is 14.2. The smallest absolute Gasteiger partial charge is 0.280 e. The van der Waals surface area contributed by atoms with E-state index < -0.39 is 0 Å². The molecular formula is C20H16BrN5O3. The van der Waals surface area contributed by atoms with Gasteiger partial charge in [-0.1, -0.05) is 38.4 Å². The van der Waals surface area contributed by atoms with Gasteiger partial charge in [-0.2, -0.15) is 4.98 Å². The minimum absolute atomic E-state index is 0.131. The first-order valence-electron chi connectivity index (χ1n) is 8.99. The molecule has 0 saturated heterocycles. The second-order valence-electron chi connectivity index (χ2n) is 6.57. The van der Waals surface area contributed by atoms with Crippen molar-refractivity contribution in [2.24, 2.45) is 0 Å². The fraction of sp³-hybridized carbons (Fsp3) is 0.200. The second kappa shape index (κ2) is 7.41. The number of fused-ring (bicyclic) bond motifs is 1. The molecule has 5 rings (SSSR count). The Balaban J connectivity index is 1.40. The zero-order valence-corrected chi connectivity index (χ0v) is 17.0. The van der Waals surface area contributed by atoms with Crippen LogP contribution in [-0.4, -0.2) is 32.2 Å². The van der Waals surface area contributed by atoms with Gasteiger partial charge in [0.25, 0.3) is 5.89 Å². The fourth-order valence-corrected chi connectivity index (χ4v) is 3.52. The average molecular weight is 454 g/mol. The first-order valence-corrected chi connectivity index (χ1v) is 9.78. The summed E-state index contributed by atoms with van der Waals surface area (Å²) in [7, 11) is 1.65. The molecule has 0 saturated carbocycles. The minimum Gasteiger partial charge on any atom is -0.497 e. The molecule has 0 spiro atoms. The summed E-state index contributed by atoms with van der Waals surface area (Å²) in [5.74, 6) is 1.62. The molecule has 8 nitrogen and oxygen atoms in total. The second-order valence-corrected chi connectivity index (χ2v) is 7.49. The Hall–Kier alpha value is -3.04. The normalized spacial score (nSPS) is 15.9. The van der Waals surface area contributed by atoms with E-state index in [1.807, 2.05) is 53.2 Å². The molecule has 0 radical (unpaired) electrons. The number of hydrogen-bond acceptors (Lipinski definition) is 7. The van der Waals surface area contributed by atoms with Crippen molar-refractivity contribution in [2.75, 3.05) is 7.11 Å². The van der Waals surface area contributed by atoms with Gasteiger partial charge in [0, 0.05) is 10.0 Å². The Morgan fingerprint density at radius 3 is 2.86 bits per heavy atom. The van der Waals surface area contributed by atoms with Gasteiger partial charge in [-0.3, -0.25) is 0 Å². The van der Waals surface area contributed by atoms with Gasteiger partial charge in [0.05, 0.1) is 26.0 Å². The van der Waals surface area contributed by atoms with Crippen LogP contribution in [0.25, 0.3) is 23.0 Å². The molecule has 0 bridgehead atoms. The maximum absolute atomic E-state index is 6.06. The molecule has 2 aromatic heterocycles. The molecule has 1 aliphatic heterocycles. The Labute approximate surface area is 174 Å². The molecule has 29 heavy (non-hydrogen) atoms. The Kier molecular flexibility index (Phi) is 4.61. The van der Waals surface area contributed by atoms with Crippen LogP contribution in [0.15, 0.2) is 57.5 Å². The maximum Gasteiger partial charge on any atom is 0.280 e. The topological polar surface area (TPSA) is 88.1 Å². The van der Waals surface area contributed by atoms with Crippen LogP contribution in [0.5, 0.6) is 5.75 Å². The van der Waals surface area contributed by atoms with Gasteiger partial charge in [0.1, 0.15) is 11.9 Å². The summed E-state index contributed by atoms with van der Waals surface area (Å²) >= 11 is 3.42. The monoisotopic (exact) mass is 453 g/mol. The van der Waals surface area contributed by atoms with Crippen molar-refractivity contribution in [1.29, 1.82) is 0 Å². The van der Waals surface area contributed by atoms with Gasteiger partial charge in [-0.25, -0.2) is 4.68 Å². The highest BCUT2D eigenvalue weighted by atomic mass is 79.9. The van der Waals surface area contributed by atoms with Gasteiger partial charge < -0.3 is 14.0 Å². The Morgan fingerprint density at radius 1 is 1.17 bits per heavy atom. The number of hydrogen-bond donors (Lipinski definition) is 0. The van der Waals surface area contributed by atoms with Gasteiger partial charge >= 0.3 is 0 Å². The first kappa shape index (κ1) is 18.0. The molecule has 1 aliphatic rings. The lowest BCUT2D eigenvalue weighted by molar-refractivity contribution is -0.00127. The van der Waals surface area contributed by atoms with Gasteiger partial charge in [0.15, 0.2) is 5.69 Å². The third kappa shape index (κ3) is 3.43. The number of rotatable bonds is 4. The average Bonchev–Trinajstić information content (AvgIpc) is 3.41. The molecule has 1 atom stereocenters. The number of aromatic nitrogens is 5. The van der Waals surface area contributed by atoms with E-state index in [0.717, 1.165) is 27.0 Å². The largest absolute Gasteiger partial charge is 0.497 e. The summed E-state index contributed by atoms with van der Waals surface area (Å²) in [6.45, 7) is 0.892. The molecule has 9 heteroatoms. The lowest BCUT2D eigenvalue weighted by Gasteiger charge is -2.24. The zero-order valence-electron chi connectivity index (χ0n) is 15.4. The molecule has 4 aromatic rings. The van der Waals surface area contributed by atoms with Crippen molar-refractivity contribution < 1.29 is 14.0 Å². The van der Waals surface area contributed by atoms with Crippen LogP contribution in [0.2, 0.25) is 0 Å². The zero-order chi connectivity index (χ0) is 19.8. The highest BCUT2D eigenvalue weighted by molar-refractivity contribution is 9.10. The molecular weight excluding hydrogens is 438 g/mol. The van der Waals surface area contributed by atoms with Crippen molar-refractivity contribution in [3.8, 4) is 28.7 Å². The van der Waals surface area contributed by atoms with Gasteiger partial charge in [-0.15, -0.1) is 5.10 Å². The highest BCUT2D eigenvalue weighted by Crippen LogP contribution is 2.32. The van der Waals surface area contributed by atoms with Crippen LogP contribution in [0, 0.1) is 0 Å². The number of ether oxygens (including phenoxy) is 2. The van der Waals surface area contributed by atoms with Crippen molar-refractivity contribution >= 4 is 15.9 Å². The van der Waals surface area contributed by atoms with E-state index in [-0.39, 0.29) is 6.10 Å². The van der Waals surface area contributed by atoms with Crippen LogP contribution < -0.4 is 4.74 Å². The molecule has 3 heterocycles. The van der Waals surface area contributed by atoms with E-state index in [2.05, 4.69) is 36.4 Å². The van der Waals surface area contributed by atoms with E-state index in [1.54, 1.807) is 7.11 Å². The number of methoxy groups -OCH3 is 1. The molecule has 0 N–H and O–H groups in total. The van der Waals surface area contributed by atoms with E-state index in [0.29, 0.717) is 30.6 Å². The summed E-state index contributed by atoms with van der Waals surface area (Å²) in [4.78, 5) is 4.48. The summed E-state index contributed by atoms with van der Waals surface area (Å²) in [5, 5.41) is 12.6. The van der Waals surface area contributed by atoms with Gasteiger partial charge in [-0.05, 0) is 42.0 Å². The number of benzene rings is 2. The highest BCUT2D eigenvalue weighted by Gasteiger charge is 2.28. The van der Waals surface area contributed by atoms with Crippen LogP contribution in [0.3, 0.4) is 0 Å². The van der Waals surface area contributed by atoms with Crippen LogP contribution in [0.1, 0.15) is 17.4 Å². The predicted molar refractivity (Wildman–Crippen MR) is 107 cm³/mol. The van der Waals surface area contributed by atoms with Gasteiger partial charge in [0.2, 0.25) is 5.82 Å². The Bertz CT molecular complexity index is 1160. The third-order valence-corrected chi connectivity index (χ3v) is 5.32. The maximum atomic E-state index is 6.06. The summed E-state index contributed by atoms with van der Waals surface area (Å²) in [5.41, 5.74) is 3.25. The standard InChI is InChI=1S/C20H16BrN5O3/c1-27-15-4-2-3-13(9-15)17-10-26-16(11-28-17)18(23-25-26)20-22-19(24-29-20)12-5-7-14(21)8-6-12/h2-9,17H,10-11H2,1H3/t17-/m1/s1. The van der Waals surface area contributed by atoms with Crippen molar-refractivity contribution in [1.82, 2.24) is 25.1 Å². The summed E-state index contributed by atoms with van der Waals surface area (Å²) in [6.07, 6.45) is -0.131. The number of halogens is 1. The van der Waals surface area contributed by atoms with Crippen LogP contribution in [-0.2, 0) is 17.9 Å². The molecule has 0 unspecified atom stereocenters. The lowest BCUT2D eigenvalue weighted by atomic mass is 10.1. The number of nitrogens with zero attached hydrogens (tertiary/aromatic N) is 5.